The zero-order chi connectivity index (χ0) is 13.7. The summed E-state index contributed by atoms with van der Waals surface area (Å²) in [6, 6.07) is 4.19. The van der Waals surface area contributed by atoms with Gasteiger partial charge in [0.15, 0.2) is 0 Å². The lowest BCUT2D eigenvalue weighted by Gasteiger charge is -2.22. The van der Waals surface area contributed by atoms with Gasteiger partial charge in [-0.05, 0) is 46.0 Å². The number of hydrogen-bond acceptors (Lipinski definition) is 4. The van der Waals surface area contributed by atoms with Gasteiger partial charge in [0.25, 0.3) is 0 Å². The SMILES string of the molecule is CCNc1ncccc1CN(C)CC1CCN(C)C1. The van der Waals surface area contributed by atoms with Crippen molar-refractivity contribution in [2.24, 2.45) is 5.92 Å². The summed E-state index contributed by atoms with van der Waals surface area (Å²) in [5.74, 6) is 1.84. The van der Waals surface area contributed by atoms with E-state index in [9.17, 15) is 0 Å². The van der Waals surface area contributed by atoms with Crippen LogP contribution in [0.2, 0.25) is 0 Å². The van der Waals surface area contributed by atoms with E-state index >= 15 is 0 Å². The number of nitrogens with one attached hydrogen (secondary N) is 1. The molecular weight excluding hydrogens is 236 g/mol. The molecule has 19 heavy (non-hydrogen) atoms. The molecule has 1 fully saturated rings. The molecule has 1 atom stereocenters. The Morgan fingerprint density at radius 1 is 1.53 bits per heavy atom. The highest BCUT2D eigenvalue weighted by Gasteiger charge is 2.20. The first-order valence-corrected chi connectivity index (χ1v) is 7.24. The summed E-state index contributed by atoms with van der Waals surface area (Å²) in [6.45, 7) is 7.64. The normalized spacial score (nSPS) is 20.1. The smallest absolute Gasteiger partial charge is 0.130 e. The Hall–Kier alpha value is -1.13. The molecule has 1 unspecified atom stereocenters. The van der Waals surface area contributed by atoms with Crippen LogP contribution in [0.25, 0.3) is 0 Å². The predicted molar refractivity (Wildman–Crippen MR) is 80.3 cm³/mol. The molecule has 1 aromatic heterocycles. The summed E-state index contributed by atoms with van der Waals surface area (Å²) in [7, 11) is 4.42. The van der Waals surface area contributed by atoms with Gasteiger partial charge in [0.2, 0.25) is 0 Å². The van der Waals surface area contributed by atoms with Gasteiger partial charge >= 0.3 is 0 Å². The van der Waals surface area contributed by atoms with Gasteiger partial charge in [-0.3, -0.25) is 0 Å². The Bertz CT molecular complexity index is 393. The second-order valence-corrected chi connectivity index (χ2v) is 5.66. The topological polar surface area (TPSA) is 31.4 Å². The van der Waals surface area contributed by atoms with Crippen LogP contribution in [0.1, 0.15) is 18.9 Å². The highest BCUT2D eigenvalue weighted by atomic mass is 15.1. The summed E-state index contributed by atoms with van der Waals surface area (Å²) in [5.41, 5.74) is 1.29. The molecule has 1 aliphatic rings. The number of hydrogen-bond donors (Lipinski definition) is 1. The van der Waals surface area contributed by atoms with Crippen LogP contribution >= 0.6 is 0 Å². The number of nitrogens with zero attached hydrogens (tertiary/aromatic N) is 3. The van der Waals surface area contributed by atoms with Crippen LogP contribution in [0, 0.1) is 5.92 Å². The summed E-state index contributed by atoms with van der Waals surface area (Å²) in [6.07, 6.45) is 3.18. The fraction of sp³-hybridized carbons (Fsp3) is 0.667. The average Bonchev–Trinajstić information content (AvgIpc) is 2.77. The van der Waals surface area contributed by atoms with Crippen LogP contribution in [0.15, 0.2) is 18.3 Å². The van der Waals surface area contributed by atoms with Crippen molar-refractivity contribution >= 4 is 5.82 Å². The molecule has 0 amide bonds. The maximum Gasteiger partial charge on any atom is 0.130 e. The monoisotopic (exact) mass is 262 g/mol. The number of pyridine rings is 1. The van der Waals surface area contributed by atoms with E-state index in [4.69, 9.17) is 0 Å². The molecule has 4 heteroatoms. The molecule has 2 heterocycles. The maximum absolute atomic E-state index is 4.42. The molecule has 0 radical (unpaired) electrons. The van der Waals surface area contributed by atoms with Gasteiger partial charge in [-0.2, -0.15) is 0 Å². The minimum atomic E-state index is 0.814. The van der Waals surface area contributed by atoms with Gasteiger partial charge in [-0.15, -0.1) is 0 Å². The molecule has 0 bridgehead atoms. The van der Waals surface area contributed by atoms with E-state index in [1.807, 2.05) is 12.3 Å². The third-order valence-corrected chi connectivity index (χ3v) is 3.73. The van der Waals surface area contributed by atoms with Gasteiger partial charge in [0, 0.05) is 37.9 Å². The van der Waals surface area contributed by atoms with E-state index in [2.05, 4.69) is 47.2 Å². The van der Waals surface area contributed by atoms with Crippen molar-refractivity contribution < 1.29 is 0 Å². The molecule has 1 aliphatic heterocycles. The average molecular weight is 262 g/mol. The first-order chi connectivity index (χ1) is 9.19. The Labute approximate surface area is 116 Å². The van der Waals surface area contributed by atoms with Crippen LogP contribution in [-0.4, -0.2) is 55.1 Å². The van der Waals surface area contributed by atoms with E-state index in [0.29, 0.717) is 0 Å². The maximum atomic E-state index is 4.42. The number of anilines is 1. The second kappa shape index (κ2) is 6.87. The van der Waals surface area contributed by atoms with Crippen LogP contribution in [0.4, 0.5) is 5.82 Å². The molecule has 0 saturated carbocycles. The zero-order valence-corrected chi connectivity index (χ0v) is 12.4. The van der Waals surface area contributed by atoms with Gasteiger partial charge in [0.05, 0.1) is 0 Å². The first kappa shape index (κ1) is 14.3. The van der Waals surface area contributed by atoms with Gasteiger partial charge < -0.3 is 15.1 Å². The Kier molecular flexibility index (Phi) is 5.16. The second-order valence-electron chi connectivity index (χ2n) is 5.66. The standard InChI is InChI=1S/C15H26N4/c1-4-16-15-14(6-5-8-17-15)12-19(3)11-13-7-9-18(2)10-13/h5-6,8,13H,4,7,9-12H2,1-3H3,(H,16,17). The lowest BCUT2D eigenvalue weighted by atomic mass is 10.1. The largest absolute Gasteiger partial charge is 0.370 e. The number of aromatic nitrogens is 1. The zero-order valence-electron chi connectivity index (χ0n) is 12.4. The van der Waals surface area contributed by atoms with Gasteiger partial charge in [-0.25, -0.2) is 4.98 Å². The Morgan fingerprint density at radius 3 is 3.05 bits per heavy atom. The highest BCUT2D eigenvalue weighted by Crippen LogP contribution is 2.18. The van der Waals surface area contributed by atoms with Crippen molar-refractivity contribution in [3.63, 3.8) is 0 Å². The molecule has 1 saturated heterocycles. The number of rotatable bonds is 6. The van der Waals surface area contributed by atoms with Crippen LogP contribution in [0.5, 0.6) is 0 Å². The van der Waals surface area contributed by atoms with Crippen LogP contribution in [0.3, 0.4) is 0 Å². The van der Waals surface area contributed by atoms with E-state index in [1.165, 1.54) is 31.6 Å². The highest BCUT2D eigenvalue weighted by molar-refractivity contribution is 5.43. The summed E-state index contributed by atoms with van der Waals surface area (Å²) in [4.78, 5) is 9.26. The third kappa shape index (κ3) is 4.18. The molecule has 0 spiro atoms. The van der Waals surface area contributed by atoms with Crippen LogP contribution in [-0.2, 0) is 6.54 Å². The summed E-state index contributed by atoms with van der Waals surface area (Å²) in [5, 5.41) is 3.34. The summed E-state index contributed by atoms with van der Waals surface area (Å²) >= 11 is 0. The lowest BCUT2D eigenvalue weighted by molar-refractivity contribution is 0.267. The fourth-order valence-electron chi connectivity index (χ4n) is 2.86. The molecule has 1 aromatic rings. The third-order valence-electron chi connectivity index (χ3n) is 3.73. The molecule has 1 N–H and O–H groups in total. The van der Waals surface area contributed by atoms with E-state index < -0.39 is 0 Å². The molecule has 4 nitrogen and oxygen atoms in total. The molecule has 106 valence electrons. The van der Waals surface area contributed by atoms with Crippen molar-refractivity contribution in [2.45, 2.75) is 19.9 Å². The van der Waals surface area contributed by atoms with Crippen molar-refractivity contribution in [3.8, 4) is 0 Å². The van der Waals surface area contributed by atoms with Crippen molar-refractivity contribution in [1.29, 1.82) is 0 Å². The Balaban J connectivity index is 1.89. The molecular formula is C15H26N4. The molecule has 0 aromatic carbocycles. The quantitative estimate of drug-likeness (QED) is 0.848. The molecule has 2 rings (SSSR count). The first-order valence-electron chi connectivity index (χ1n) is 7.24. The van der Waals surface area contributed by atoms with Crippen molar-refractivity contribution in [2.75, 3.05) is 45.6 Å². The molecule has 0 aliphatic carbocycles. The number of likely N-dealkylation sites (tertiary alicyclic amines) is 1. The Morgan fingerprint density at radius 2 is 2.37 bits per heavy atom. The van der Waals surface area contributed by atoms with Crippen molar-refractivity contribution in [3.05, 3.63) is 23.9 Å². The lowest BCUT2D eigenvalue weighted by Crippen LogP contribution is -2.27. The van der Waals surface area contributed by atoms with Gasteiger partial charge in [0.1, 0.15) is 5.82 Å². The minimum absolute atomic E-state index is 0.814. The van der Waals surface area contributed by atoms with Crippen molar-refractivity contribution in [1.82, 2.24) is 14.8 Å². The van der Waals surface area contributed by atoms with E-state index in [1.54, 1.807) is 0 Å². The summed E-state index contributed by atoms with van der Waals surface area (Å²) < 4.78 is 0. The minimum Gasteiger partial charge on any atom is -0.370 e. The van der Waals surface area contributed by atoms with E-state index in [-0.39, 0.29) is 0 Å². The van der Waals surface area contributed by atoms with Gasteiger partial charge in [-0.1, -0.05) is 6.07 Å². The van der Waals surface area contributed by atoms with E-state index in [0.717, 1.165) is 24.8 Å². The van der Waals surface area contributed by atoms with Crippen LogP contribution < -0.4 is 5.32 Å². The fourth-order valence-corrected chi connectivity index (χ4v) is 2.86. The predicted octanol–water partition coefficient (Wildman–Crippen LogP) is 1.90.